The van der Waals surface area contributed by atoms with Crippen LogP contribution in [0, 0.1) is 5.92 Å². The van der Waals surface area contributed by atoms with E-state index in [-0.39, 0.29) is 30.1 Å². The minimum atomic E-state index is -0.396. The maximum atomic E-state index is 12.8. The number of hydrogen-bond acceptors (Lipinski definition) is 6. The Labute approximate surface area is 159 Å². The van der Waals surface area contributed by atoms with Gasteiger partial charge in [-0.25, -0.2) is 0 Å². The zero-order valence-corrected chi connectivity index (χ0v) is 15.8. The fourth-order valence-corrected chi connectivity index (χ4v) is 3.83. The van der Waals surface area contributed by atoms with Crippen LogP contribution in [-0.2, 0) is 25.5 Å². The van der Waals surface area contributed by atoms with Crippen LogP contribution in [0.5, 0.6) is 5.75 Å². The van der Waals surface area contributed by atoms with Crippen LogP contribution in [0.2, 0.25) is 0 Å². The Morgan fingerprint density at radius 2 is 1.78 bits per heavy atom. The van der Waals surface area contributed by atoms with E-state index < -0.39 is 6.04 Å². The lowest BCUT2D eigenvalue weighted by Gasteiger charge is -2.33. The molecule has 2 amide bonds. The molecule has 2 aliphatic rings. The second-order valence-corrected chi connectivity index (χ2v) is 7.04. The maximum absolute atomic E-state index is 12.8. The number of imide groups is 1. The van der Waals surface area contributed by atoms with Crippen LogP contribution < -0.4 is 4.74 Å². The van der Waals surface area contributed by atoms with Gasteiger partial charge in [-0.1, -0.05) is 12.1 Å². The molecule has 0 N–H and O–H groups in total. The largest absolute Gasteiger partial charge is 0.497 e. The molecule has 2 saturated heterocycles. The van der Waals surface area contributed by atoms with Gasteiger partial charge >= 0.3 is 5.97 Å². The van der Waals surface area contributed by atoms with Crippen molar-refractivity contribution in [3.63, 3.8) is 0 Å². The molecule has 2 heterocycles. The quantitative estimate of drug-likeness (QED) is 0.551. The van der Waals surface area contributed by atoms with Gasteiger partial charge in [-0.05, 0) is 50.0 Å². The standard InChI is InChI=1S/C20H26N2O5/c1-26-16-5-3-14(4-6-16)7-12-22-18(23)13-17(19(22)24)21-10-8-15(9-11-21)20(25)27-2/h3-6,15,17H,7-13H2,1-2H3/t17-/m0/s1. The average molecular weight is 374 g/mol. The molecular weight excluding hydrogens is 348 g/mol. The average Bonchev–Trinajstić information content (AvgIpc) is 3.00. The number of likely N-dealkylation sites (tertiary alicyclic amines) is 2. The highest BCUT2D eigenvalue weighted by molar-refractivity contribution is 6.05. The van der Waals surface area contributed by atoms with E-state index in [9.17, 15) is 14.4 Å². The Kier molecular flexibility index (Phi) is 6.11. The molecule has 2 aliphatic heterocycles. The third kappa shape index (κ3) is 4.30. The Morgan fingerprint density at radius 3 is 2.37 bits per heavy atom. The number of esters is 1. The summed E-state index contributed by atoms with van der Waals surface area (Å²) in [5, 5.41) is 0. The van der Waals surface area contributed by atoms with Crippen molar-refractivity contribution >= 4 is 17.8 Å². The lowest BCUT2D eigenvalue weighted by Crippen LogP contribution is -2.47. The van der Waals surface area contributed by atoms with E-state index in [1.165, 1.54) is 12.0 Å². The summed E-state index contributed by atoms with van der Waals surface area (Å²) in [6.45, 7) is 1.66. The Bertz CT molecular complexity index is 695. The van der Waals surface area contributed by atoms with Gasteiger partial charge in [0.1, 0.15) is 5.75 Å². The smallest absolute Gasteiger partial charge is 0.308 e. The van der Waals surface area contributed by atoms with Crippen molar-refractivity contribution in [3.05, 3.63) is 29.8 Å². The number of methoxy groups -OCH3 is 2. The first kappa shape index (κ1) is 19.4. The minimum Gasteiger partial charge on any atom is -0.497 e. The lowest BCUT2D eigenvalue weighted by atomic mass is 9.95. The van der Waals surface area contributed by atoms with Gasteiger partial charge in [0.2, 0.25) is 11.8 Å². The molecule has 1 aromatic carbocycles. The molecule has 0 aromatic heterocycles. The monoisotopic (exact) mass is 374 g/mol. The Balaban J connectivity index is 1.54. The van der Waals surface area contributed by atoms with E-state index in [4.69, 9.17) is 9.47 Å². The number of nitrogens with zero attached hydrogens (tertiary/aromatic N) is 2. The minimum absolute atomic E-state index is 0.107. The van der Waals surface area contributed by atoms with Crippen molar-refractivity contribution < 1.29 is 23.9 Å². The van der Waals surface area contributed by atoms with E-state index in [1.54, 1.807) is 7.11 Å². The fourth-order valence-electron chi connectivity index (χ4n) is 3.83. The highest BCUT2D eigenvalue weighted by Gasteiger charge is 2.42. The summed E-state index contributed by atoms with van der Waals surface area (Å²) in [7, 11) is 3.01. The van der Waals surface area contributed by atoms with E-state index in [2.05, 4.69) is 0 Å². The number of rotatable bonds is 6. The molecule has 0 aliphatic carbocycles. The van der Waals surface area contributed by atoms with Gasteiger partial charge in [-0.2, -0.15) is 0 Å². The highest BCUT2D eigenvalue weighted by Crippen LogP contribution is 2.26. The van der Waals surface area contributed by atoms with Crippen LogP contribution >= 0.6 is 0 Å². The predicted molar refractivity (Wildman–Crippen MR) is 98.1 cm³/mol. The molecule has 27 heavy (non-hydrogen) atoms. The number of carbonyl (C=O) groups is 3. The highest BCUT2D eigenvalue weighted by atomic mass is 16.5. The van der Waals surface area contributed by atoms with Crippen LogP contribution in [-0.4, -0.2) is 67.5 Å². The number of ether oxygens (including phenoxy) is 2. The van der Waals surface area contributed by atoms with E-state index in [1.807, 2.05) is 29.2 Å². The third-order valence-corrected chi connectivity index (χ3v) is 5.51. The summed E-state index contributed by atoms with van der Waals surface area (Å²) in [6.07, 6.45) is 2.18. The zero-order valence-electron chi connectivity index (χ0n) is 15.8. The maximum Gasteiger partial charge on any atom is 0.308 e. The Hall–Kier alpha value is -2.41. The predicted octanol–water partition coefficient (Wildman–Crippen LogP) is 1.25. The summed E-state index contributed by atoms with van der Waals surface area (Å²) in [5.41, 5.74) is 1.05. The Morgan fingerprint density at radius 1 is 1.11 bits per heavy atom. The molecule has 146 valence electrons. The van der Waals surface area contributed by atoms with Crippen LogP contribution in [0.4, 0.5) is 0 Å². The summed E-state index contributed by atoms with van der Waals surface area (Å²) in [5.74, 6) is 0.246. The summed E-state index contributed by atoms with van der Waals surface area (Å²) < 4.78 is 9.94. The normalized spacial score (nSPS) is 21.6. The summed E-state index contributed by atoms with van der Waals surface area (Å²) in [6, 6.07) is 7.23. The number of benzene rings is 1. The first-order valence-corrected chi connectivity index (χ1v) is 9.32. The second-order valence-electron chi connectivity index (χ2n) is 7.04. The molecule has 0 unspecified atom stereocenters. The number of piperidine rings is 1. The molecule has 1 aromatic rings. The molecule has 0 bridgehead atoms. The third-order valence-electron chi connectivity index (χ3n) is 5.51. The topological polar surface area (TPSA) is 76.2 Å². The molecule has 0 spiro atoms. The van der Waals surface area contributed by atoms with Crippen molar-refractivity contribution in [2.24, 2.45) is 5.92 Å². The summed E-state index contributed by atoms with van der Waals surface area (Å²) in [4.78, 5) is 40.2. The van der Waals surface area contributed by atoms with Gasteiger partial charge in [0.15, 0.2) is 0 Å². The second kappa shape index (κ2) is 8.52. The fraction of sp³-hybridized carbons (Fsp3) is 0.550. The number of hydrogen-bond donors (Lipinski definition) is 0. The van der Waals surface area contributed by atoms with Crippen LogP contribution in [0.25, 0.3) is 0 Å². The van der Waals surface area contributed by atoms with E-state index in [0.29, 0.717) is 38.9 Å². The molecular formula is C20H26N2O5. The van der Waals surface area contributed by atoms with Gasteiger partial charge < -0.3 is 9.47 Å². The van der Waals surface area contributed by atoms with Crippen molar-refractivity contribution in [1.29, 1.82) is 0 Å². The van der Waals surface area contributed by atoms with E-state index in [0.717, 1.165) is 11.3 Å². The number of carbonyl (C=O) groups excluding carboxylic acids is 3. The van der Waals surface area contributed by atoms with Crippen LogP contribution in [0.3, 0.4) is 0 Å². The zero-order chi connectivity index (χ0) is 19.4. The van der Waals surface area contributed by atoms with Gasteiger partial charge in [0, 0.05) is 6.54 Å². The van der Waals surface area contributed by atoms with Crippen molar-refractivity contribution in [2.45, 2.75) is 31.7 Å². The van der Waals surface area contributed by atoms with Crippen LogP contribution in [0.1, 0.15) is 24.8 Å². The number of amides is 2. The molecule has 0 radical (unpaired) electrons. The van der Waals surface area contributed by atoms with Crippen molar-refractivity contribution in [1.82, 2.24) is 9.80 Å². The van der Waals surface area contributed by atoms with Gasteiger partial charge in [0.25, 0.3) is 0 Å². The van der Waals surface area contributed by atoms with E-state index >= 15 is 0 Å². The molecule has 0 saturated carbocycles. The molecule has 7 heteroatoms. The summed E-state index contributed by atoms with van der Waals surface area (Å²) >= 11 is 0. The first-order valence-electron chi connectivity index (χ1n) is 9.32. The SMILES string of the molecule is COC(=O)C1CCN([C@H]2CC(=O)N(CCc3ccc(OC)cc3)C2=O)CC1. The van der Waals surface area contributed by atoms with Crippen LogP contribution in [0.15, 0.2) is 24.3 Å². The molecule has 3 rings (SSSR count). The van der Waals surface area contributed by atoms with Gasteiger partial charge in [-0.3, -0.25) is 24.2 Å². The van der Waals surface area contributed by atoms with Crippen molar-refractivity contribution in [3.8, 4) is 5.75 Å². The molecule has 7 nitrogen and oxygen atoms in total. The first-order chi connectivity index (χ1) is 13.0. The van der Waals surface area contributed by atoms with Gasteiger partial charge in [-0.15, -0.1) is 0 Å². The molecule has 2 fully saturated rings. The molecule has 1 atom stereocenters. The van der Waals surface area contributed by atoms with Crippen molar-refractivity contribution in [2.75, 3.05) is 33.9 Å². The van der Waals surface area contributed by atoms with Gasteiger partial charge in [0.05, 0.1) is 32.6 Å². The lowest BCUT2D eigenvalue weighted by molar-refractivity contribution is -0.147.